The molecule has 0 saturated heterocycles. The molecule has 18 heavy (non-hydrogen) atoms. The number of rotatable bonds is 5. The first-order valence-corrected chi connectivity index (χ1v) is 7.30. The molecule has 0 aromatic heterocycles. The minimum atomic E-state index is -0.351. The second-order valence-corrected chi connectivity index (χ2v) is 5.50. The maximum atomic E-state index is 11.6. The molecule has 1 amide bonds. The Hall–Kier alpha value is -0.630. The molecule has 1 aromatic carbocycles. The van der Waals surface area contributed by atoms with E-state index in [1.807, 2.05) is 18.2 Å². The van der Waals surface area contributed by atoms with E-state index in [9.17, 15) is 9.59 Å². The lowest BCUT2D eigenvalue weighted by molar-refractivity contribution is -0.144. The molecule has 0 fully saturated rings. The van der Waals surface area contributed by atoms with Crippen LogP contribution in [-0.4, -0.2) is 18.5 Å². The Morgan fingerprint density at radius 3 is 2.72 bits per heavy atom. The minimum Gasteiger partial charge on any atom is -0.466 e. The van der Waals surface area contributed by atoms with Crippen molar-refractivity contribution in [1.29, 1.82) is 0 Å². The van der Waals surface area contributed by atoms with Gasteiger partial charge in [-0.05, 0) is 63.6 Å². The van der Waals surface area contributed by atoms with Crippen LogP contribution in [0.5, 0.6) is 0 Å². The van der Waals surface area contributed by atoms with Crippen LogP contribution in [0.3, 0.4) is 0 Å². The highest BCUT2D eigenvalue weighted by molar-refractivity contribution is 14.1. The molecule has 6 heteroatoms. The maximum Gasteiger partial charge on any atom is 0.306 e. The van der Waals surface area contributed by atoms with E-state index in [0.29, 0.717) is 12.3 Å². The van der Waals surface area contributed by atoms with Crippen LogP contribution in [0.2, 0.25) is 0 Å². The van der Waals surface area contributed by atoms with Crippen molar-refractivity contribution in [3.05, 3.63) is 26.2 Å². The Morgan fingerprint density at radius 2 is 2.11 bits per heavy atom. The van der Waals surface area contributed by atoms with Gasteiger partial charge in [-0.25, -0.2) is 0 Å². The molecule has 0 saturated carbocycles. The van der Waals surface area contributed by atoms with Crippen molar-refractivity contribution >= 4 is 56.1 Å². The van der Waals surface area contributed by atoms with Gasteiger partial charge in [0.1, 0.15) is 0 Å². The van der Waals surface area contributed by atoms with Crippen molar-refractivity contribution in [3.63, 3.8) is 0 Å². The fourth-order valence-electron chi connectivity index (χ4n) is 1.25. The van der Waals surface area contributed by atoms with Gasteiger partial charge in [0.25, 0.3) is 0 Å². The van der Waals surface area contributed by atoms with Crippen LogP contribution in [0.1, 0.15) is 19.8 Å². The molecule has 0 atom stereocenters. The molecule has 1 rings (SSSR count). The Labute approximate surface area is 128 Å². The molecule has 1 N–H and O–H groups in total. The zero-order valence-electron chi connectivity index (χ0n) is 9.83. The minimum absolute atomic E-state index is 0.102. The van der Waals surface area contributed by atoms with Crippen LogP contribution < -0.4 is 5.32 Å². The number of carbonyl (C=O) groups is 2. The summed E-state index contributed by atoms with van der Waals surface area (Å²) in [6.45, 7) is 2.08. The third-order valence-electron chi connectivity index (χ3n) is 2.06. The van der Waals surface area contributed by atoms with Gasteiger partial charge in [-0.3, -0.25) is 9.59 Å². The molecule has 0 aliphatic rings. The molecule has 0 unspecified atom stereocenters. The van der Waals surface area contributed by atoms with E-state index in [2.05, 4.69) is 43.8 Å². The number of halogens is 2. The molecule has 0 aliphatic heterocycles. The van der Waals surface area contributed by atoms with Gasteiger partial charge in [0.2, 0.25) is 5.91 Å². The number of carbonyl (C=O) groups excluding carboxylic acids is 2. The summed E-state index contributed by atoms with van der Waals surface area (Å²) >= 11 is 5.57. The summed E-state index contributed by atoms with van der Waals surface area (Å²) in [6.07, 6.45) is 0.230. The van der Waals surface area contributed by atoms with E-state index in [1.165, 1.54) is 0 Å². The largest absolute Gasteiger partial charge is 0.466 e. The van der Waals surface area contributed by atoms with Crippen molar-refractivity contribution in [2.45, 2.75) is 19.8 Å². The lowest BCUT2D eigenvalue weighted by Gasteiger charge is -2.06. The second kappa shape index (κ2) is 7.73. The van der Waals surface area contributed by atoms with Crippen LogP contribution in [-0.2, 0) is 14.3 Å². The molecule has 0 bridgehead atoms. The molecule has 1 aromatic rings. The summed E-state index contributed by atoms with van der Waals surface area (Å²) in [6, 6.07) is 5.53. The number of esters is 1. The zero-order chi connectivity index (χ0) is 13.5. The van der Waals surface area contributed by atoms with Gasteiger partial charge in [0.05, 0.1) is 13.0 Å². The number of hydrogen-bond donors (Lipinski definition) is 1. The number of amides is 1. The molecule has 0 aliphatic carbocycles. The van der Waals surface area contributed by atoms with Gasteiger partial charge >= 0.3 is 5.97 Å². The molecular formula is C12H13BrINO3. The monoisotopic (exact) mass is 425 g/mol. The van der Waals surface area contributed by atoms with E-state index in [-0.39, 0.29) is 24.7 Å². The van der Waals surface area contributed by atoms with Gasteiger partial charge in [0, 0.05) is 20.2 Å². The van der Waals surface area contributed by atoms with Gasteiger partial charge in [-0.15, -0.1) is 0 Å². The first-order chi connectivity index (χ1) is 8.52. The first kappa shape index (κ1) is 15.4. The average molecular weight is 426 g/mol. The Bertz CT molecular complexity index is 451. The van der Waals surface area contributed by atoms with Gasteiger partial charge in [0.15, 0.2) is 0 Å². The topological polar surface area (TPSA) is 55.4 Å². The third-order valence-corrected chi connectivity index (χ3v) is 4.40. The number of nitrogens with one attached hydrogen (secondary N) is 1. The van der Waals surface area contributed by atoms with Crippen molar-refractivity contribution < 1.29 is 14.3 Å². The summed E-state index contributed by atoms with van der Waals surface area (Å²) in [5.41, 5.74) is 0.705. The van der Waals surface area contributed by atoms with Crippen LogP contribution in [0.25, 0.3) is 0 Å². The number of ether oxygens (including phenoxy) is 1. The Morgan fingerprint density at radius 1 is 1.39 bits per heavy atom. The van der Waals surface area contributed by atoms with E-state index in [0.717, 1.165) is 8.04 Å². The highest BCUT2D eigenvalue weighted by Gasteiger charge is 2.08. The highest BCUT2D eigenvalue weighted by atomic mass is 127. The van der Waals surface area contributed by atoms with Gasteiger partial charge in [-0.1, -0.05) is 0 Å². The summed E-state index contributed by atoms with van der Waals surface area (Å²) in [5, 5.41) is 2.73. The molecule has 4 nitrogen and oxygen atoms in total. The normalized spacial score (nSPS) is 9.94. The quantitative estimate of drug-likeness (QED) is 0.581. The SMILES string of the molecule is CCOC(=O)CCC(=O)Nc1ccc(I)c(Br)c1. The third kappa shape index (κ3) is 5.34. The predicted molar refractivity (Wildman–Crippen MR) is 81.4 cm³/mol. The van der Waals surface area contributed by atoms with Crippen molar-refractivity contribution in [2.24, 2.45) is 0 Å². The standard InChI is InChI=1S/C12H13BrINO3/c1-2-18-12(17)6-5-11(16)15-8-3-4-10(14)9(13)7-8/h3-4,7H,2,5-6H2,1H3,(H,15,16). The molecule has 0 spiro atoms. The van der Waals surface area contributed by atoms with Crippen molar-refractivity contribution in [3.8, 4) is 0 Å². The van der Waals surface area contributed by atoms with Gasteiger partial charge in [-0.2, -0.15) is 0 Å². The average Bonchev–Trinajstić information content (AvgIpc) is 2.32. The smallest absolute Gasteiger partial charge is 0.306 e. The van der Waals surface area contributed by atoms with E-state index in [1.54, 1.807) is 6.92 Å². The van der Waals surface area contributed by atoms with E-state index in [4.69, 9.17) is 4.74 Å². The van der Waals surface area contributed by atoms with Crippen LogP contribution in [0.15, 0.2) is 22.7 Å². The first-order valence-electron chi connectivity index (χ1n) is 5.43. The molecular weight excluding hydrogens is 413 g/mol. The van der Waals surface area contributed by atoms with E-state index >= 15 is 0 Å². The molecule has 98 valence electrons. The summed E-state index contributed by atoms with van der Waals surface area (Å²) < 4.78 is 6.74. The van der Waals surface area contributed by atoms with Crippen LogP contribution in [0.4, 0.5) is 5.69 Å². The highest BCUT2D eigenvalue weighted by Crippen LogP contribution is 2.22. The number of benzene rings is 1. The van der Waals surface area contributed by atoms with Crippen molar-refractivity contribution in [2.75, 3.05) is 11.9 Å². The Kier molecular flexibility index (Phi) is 6.62. The zero-order valence-corrected chi connectivity index (χ0v) is 13.6. The van der Waals surface area contributed by atoms with Crippen LogP contribution >= 0.6 is 38.5 Å². The summed E-state index contributed by atoms with van der Waals surface area (Å²) in [7, 11) is 0. The molecule has 0 radical (unpaired) electrons. The summed E-state index contributed by atoms with van der Waals surface area (Å²) in [5.74, 6) is -0.549. The van der Waals surface area contributed by atoms with E-state index < -0.39 is 0 Å². The number of anilines is 1. The molecule has 0 heterocycles. The van der Waals surface area contributed by atoms with Crippen LogP contribution in [0, 0.1) is 3.57 Å². The second-order valence-electron chi connectivity index (χ2n) is 3.48. The Balaban J connectivity index is 2.44. The fourth-order valence-corrected chi connectivity index (χ4v) is 1.96. The predicted octanol–water partition coefficient (Wildman–Crippen LogP) is 3.34. The van der Waals surface area contributed by atoms with Gasteiger partial charge < -0.3 is 10.1 Å². The lowest BCUT2D eigenvalue weighted by atomic mass is 10.2. The number of hydrogen-bond acceptors (Lipinski definition) is 3. The lowest BCUT2D eigenvalue weighted by Crippen LogP contribution is -2.14. The van der Waals surface area contributed by atoms with Crippen molar-refractivity contribution in [1.82, 2.24) is 0 Å². The summed E-state index contributed by atoms with van der Waals surface area (Å²) in [4.78, 5) is 22.7. The maximum absolute atomic E-state index is 11.6. The fraction of sp³-hybridized carbons (Fsp3) is 0.333.